The number of hydrogen-bond acceptors (Lipinski definition) is 3. The summed E-state index contributed by atoms with van der Waals surface area (Å²) >= 11 is 3.09. The number of halogens is 1. The minimum Gasteiger partial charge on any atom is -0.495 e. The first-order valence-electron chi connectivity index (χ1n) is 4.39. The van der Waals surface area contributed by atoms with Gasteiger partial charge in [-0.1, -0.05) is 22.0 Å². The summed E-state index contributed by atoms with van der Waals surface area (Å²) in [6, 6.07) is 4.97. The Hall–Kier alpha value is -1.16. The normalized spacial score (nSPS) is 9.80. The van der Waals surface area contributed by atoms with E-state index in [-0.39, 0.29) is 16.9 Å². The third-order valence-electron chi connectivity index (χ3n) is 2.02. The van der Waals surface area contributed by atoms with E-state index in [4.69, 9.17) is 4.74 Å². The van der Waals surface area contributed by atoms with Crippen LogP contribution < -0.4 is 4.74 Å². The van der Waals surface area contributed by atoms with E-state index in [1.165, 1.54) is 14.0 Å². The van der Waals surface area contributed by atoms with E-state index in [2.05, 4.69) is 15.9 Å². The van der Waals surface area contributed by atoms with E-state index in [0.29, 0.717) is 16.9 Å². The highest BCUT2D eigenvalue weighted by atomic mass is 79.9. The van der Waals surface area contributed by atoms with Gasteiger partial charge in [-0.3, -0.25) is 9.59 Å². The van der Waals surface area contributed by atoms with Crippen LogP contribution in [0.1, 0.15) is 27.6 Å². The van der Waals surface area contributed by atoms with Crippen molar-refractivity contribution >= 4 is 27.5 Å². The molecule has 0 saturated carbocycles. The predicted octanol–water partition coefficient (Wildman–Crippen LogP) is 2.48. The SMILES string of the molecule is COc1c(C(C)=O)cccc1C(=O)CBr. The number of ether oxygens (including phenoxy) is 1. The summed E-state index contributed by atoms with van der Waals surface area (Å²) in [5, 5.41) is 0.213. The van der Waals surface area contributed by atoms with Crippen molar-refractivity contribution < 1.29 is 14.3 Å². The molecule has 0 unspecified atom stereocenters. The maximum absolute atomic E-state index is 11.5. The summed E-state index contributed by atoms with van der Waals surface area (Å²) in [4.78, 5) is 22.8. The number of Topliss-reactive ketones (excluding diaryl/α,β-unsaturated/α-hetero) is 2. The molecule has 0 atom stereocenters. The van der Waals surface area contributed by atoms with Gasteiger partial charge < -0.3 is 4.74 Å². The molecule has 3 nitrogen and oxygen atoms in total. The number of carbonyl (C=O) groups is 2. The lowest BCUT2D eigenvalue weighted by Gasteiger charge is -2.09. The van der Waals surface area contributed by atoms with Crippen LogP contribution in [0.2, 0.25) is 0 Å². The molecule has 4 heteroatoms. The van der Waals surface area contributed by atoms with Crippen LogP contribution in [0.5, 0.6) is 5.75 Å². The highest BCUT2D eigenvalue weighted by molar-refractivity contribution is 9.09. The predicted molar refractivity (Wildman–Crippen MR) is 61.1 cm³/mol. The summed E-state index contributed by atoms with van der Waals surface area (Å²) in [6.45, 7) is 1.44. The van der Waals surface area contributed by atoms with E-state index in [1.807, 2.05) is 0 Å². The number of methoxy groups -OCH3 is 1. The molecule has 15 heavy (non-hydrogen) atoms. The van der Waals surface area contributed by atoms with Crippen LogP contribution in [0.15, 0.2) is 18.2 Å². The lowest BCUT2D eigenvalue weighted by atomic mass is 10.0. The van der Waals surface area contributed by atoms with Crippen molar-refractivity contribution in [3.8, 4) is 5.75 Å². The first-order valence-corrected chi connectivity index (χ1v) is 5.51. The van der Waals surface area contributed by atoms with Gasteiger partial charge in [0, 0.05) is 0 Å². The Balaban J connectivity index is 3.34. The molecule has 0 heterocycles. The Morgan fingerprint density at radius 2 is 1.93 bits per heavy atom. The van der Waals surface area contributed by atoms with Crippen LogP contribution in [0.4, 0.5) is 0 Å². The van der Waals surface area contributed by atoms with Crippen LogP contribution in [-0.4, -0.2) is 24.0 Å². The number of carbonyl (C=O) groups excluding carboxylic acids is 2. The number of rotatable bonds is 4. The van der Waals surface area contributed by atoms with E-state index in [9.17, 15) is 9.59 Å². The summed E-state index contributed by atoms with van der Waals surface area (Å²) in [5.41, 5.74) is 0.867. The average Bonchev–Trinajstić information content (AvgIpc) is 2.26. The molecule has 0 radical (unpaired) electrons. The summed E-state index contributed by atoms with van der Waals surface area (Å²) in [7, 11) is 1.45. The molecule has 0 spiro atoms. The molecule has 0 aliphatic carbocycles. The maximum atomic E-state index is 11.5. The fourth-order valence-electron chi connectivity index (χ4n) is 1.33. The first kappa shape index (κ1) is 11.9. The Morgan fingerprint density at radius 3 is 2.40 bits per heavy atom. The van der Waals surface area contributed by atoms with Gasteiger partial charge in [-0.15, -0.1) is 0 Å². The second kappa shape index (κ2) is 5.07. The van der Waals surface area contributed by atoms with Crippen LogP contribution in [-0.2, 0) is 0 Å². The van der Waals surface area contributed by atoms with Crippen molar-refractivity contribution in [1.82, 2.24) is 0 Å². The van der Waals surface area contributed by atoms with Gasteiger partial charge in [0.05, 0.1) is 23.6 Å². The number of alkyl halides is 1. The van der Waals surface area contributed by atoms with Crippen molar-refractivity contribution in [1.29, 1.82) is 0 Å². The number of ketones is 2. The zero-order valence-electron chi connectivity index (χ0n) is 8.54. The van der Waals surface area contributed by atoms with E-state index in [1.54, 1.807) is 18.2 Å². The molecule has 0 aliphatic heterocycles. The number of para-hydroxylation sites is 1. The fourth-order valence-corrected chi connectivity index (χ4v) is 1.63. The number of hydrogen-bond donors (Lipinski definition) is 0. The summed E-state index contributed by atoms with van der Waals surface area (Å²) < 4.78 is 5.10. The highest BCUT2D eigenvalue weighted by Gasteiger charge is 2.16. The Labute approximate surface area is 96.6 Å². The van der Waals surface area contributed by atoms with Crippen LogP contribution >= 0.6 is 15.9 Å². The largest absolute Gasteiger partial charge is 0.495 e. The molecule has 0 N–H and O–H groups in total. The van der Waals surface area contributed by atoms with Gasteiger partial charge in [0.25, 0.3) is 0 Å². The third-order valence-corrected chi connectivity index (χ3v) is 2.53. The van der Waals surface area contributed by atoms with Crippen molar-refractivity contribution in [2.75, 3.05) is 12.4 Å². The van der Waals surface area contributed by atoms with Gasteiger partial charge in [-0.05, 0) is 19.1 Å². The lowest BCUT2D eigenvalue weighted by molar-refractivity contribution is 0.101. The van der Waals surface area contributed by atoms with Gasteiger partial charge in [0.1, 0.15) is 5.75 Å². The van der Waals surface area contributed by atoms with Crippen LogP contribution in [0.25, 0.3) is 0 Å². The molecule has 0 amide bonds. The molecule has 1 aromatic rings. The van der Waals surface area contributed by atoms with Gasteiger partial charge >= 0.3 is 0 Å². The minimum atomic E-state index is -0.115. The zero-order chi connectivity index (χ0) is 11.4. The second-order valence-corrected chi connectivity index (χ2v) is 3.56. The van der Waals surface area contributed by atoms with Gasteiger partial charge in [-0.2, -0.15) is 0 Å². The monoisotopic (exact) mass is 270 g/mol. The standard InChI is InChI=1S/C11H11BrO3/c1-7(13)8-4-3-5-9(10(14)6-12)11(8)15-2/h3-5H,6H2,1-2H3. The van der Waals surface area contributed by atoms with Crippen molar-refractivity contribution in [2.24, 2.45) is 0 Å². The molecule has 0 saturated heterocycles. The quantitative estimate of drug-likeness (QED) is 0.624. The van der Waals surface area contributed by atoms with E-state index < -0.39 is 0 Å². The minimum absolute atomic E-state index is 0.102. The van der Waals surface area contributed by atoms with Crippen LogP contribution in [0.3, 0.4) is 0 Å². The number of benzene rings is 1. The zero-order valence-corrected chi connectivity index (χ0v) is 10.1. The molecule has 80 valence electrons. The highest BCUT2D eigenvalue weighted by Crippen LogP contribution is 2.25. The molecular weight excluding hydrogens is 260 g/mol. The molecular formula is C11H11BrO3. The van der Waals surface area contributed by atoms with E-state index in [0.717, 1.165) is 0 Å². The third kappa shape index (κ3) is 2.45. The molecule has 0 fully saturated rings. The van der Waals surface area contributed by atoms with Gasteiger partial charge in [-0.25, -0.2) is 0 Å². The first-order chi connectivity index (χ1) is 7.11. The molecule has 0 bridgehead atoms. The topological polar surface area (TPSA) is 43.4 Å². The Kier molecular flexibility index (Phi) is 4.03. The van der Waals surface area contributed by atoms with Gasteiger partial charge in [0.2, 0.25) is 0 Å². The van der Waals surface area contributed by atoms with Crippen molar-refractivity contribution in [3.05, 3.63) is 29.3 Å². The second-order valence-electron chi connectivity index (χ2n) is 3.00. The Morgan fingerprint density at radius 1 is 1.33 bits per heavy atom. The maximum Gasteiger partial charge on any atom is 0.177 e. The molecule has 0 aromatic heterocycles. The van der Waals surface area contributed by atoms with Gasteiger partial charge in [0.15, 0.2) is 11.6 Å². The molecule has 1 aromatic carbocycles. The fraction of sp³-hybridized carbons (Fsp3) is 0.273. The van der Waals surface area contributed by atoms with Crippen LogP contribution in [0, 0.1) is 0 Å². The summed E-state index contributed by atoms with van der Waals surface area (Å²) in [6.07, 6.45) is 0. The Bertz CT molecular complexity index is 399. The average molecular weight is 271 g/mol. The van der Waals surface area contributed by atoms with Crippen molar-refractivity contribution in [3.63, 3.8) is 0 Å². The van der Waals surface area contributed by atoms with E-state index >= 15 is 0 Å². The summed E-state index contributed by atoms with van der Waals surface area (Å²) in [5.74, 6) is 0.139. The van der Waals surface area contributed by atoms with Crippen molar-refractivity contribution in [2.45, 2.75) is 6.92 Å². The molecule has 1 rings (SSSR count). The lowest BCUT2D eigenvalue weighted by Crippen LogP contribution is -2.07. The smallest absolute Gasteiger partial charge is 0.177 e. The molecule has 0 aliphatic rings.